The third-order valence-electron chi connectivity index (χ3n) is 6.06. The largest absolute Gasteiger partial charge is 0.503 e. The smallest absolute Gasteiger partial charge is 0.270 e. The first-order chi connectivity index (χ1) is 24.6. The van der Waals surface area contributed by atoms with Crippen LogP contribution < -0.4 is 29.9 Å². The van der Waals surface area contributed by atoms with Gasteiger partial charge in [0, 0.05) is 118 Å². The number of ether oxygens (including phenoxy) is 4. The number of carboxylic acid groups (broad SMARTS) is 1. The molecule has 7 N–H and O–H groups in total. The minimum Gasteiger partial charge on any atom is -0.503 e. The SMILES string of the molecule is CC.OCCNC[C@H](O)COc1nsnc1N1CCOCC1.OCCNC[C@H](O)COc1nsnc1N1CCOCC1.[CH2-]C(=O)CC.[CH2-]C(=O)O.[Y].[Y]. The molecular formula is C30H56N8O11S2Y2-2. The number of aromatic nitrogens is 4. The first-order valence-corrected chi connectivity index (χ1v) is 18.0. The number of Topliss-reactive ketones (excluding diaryl/α,β-unsaturated/α-hetero) is 1. The van der Waals surface area contributed by atoms with Gasteiger partial charge >= 0.3 is 0 Å². The molecule has 2 saturated heterocycles. The molecule has 0 amide bonds. The van der Waals surface area contributed by atoms with Crippen LogP contribution in [-0.4, -0.2) is 172 Å². The van der Waals surface area contributed by atoms with Crippen LogP contribution in [0, 0.1) is 13.8 Å². The summed E-state index contributed by atoms with van der Waals surface area (Å²) in [7, 11) is 0. The fourth-order valence-corrected chi connectivity index (χ4v) is 4.67. The van der Waals surface area contributed by atoms with Crippen LogP contribution in [0.4, 0.5) is 11.6 Å². The molecular weight excluding hydrogens is 890 g/mol. The zero-order valence-corrected chi connectivity index (χ0v) is 38.2. The van der Waals surface area contributed by atoms with E-state index in [2.05, 4.69) is 51.8 Å². The number of aliphatic hydroxyl groups excluding tert-OH is 4. The molecule has 0 spiro atoms. The summed E-state index contributed by atoms with van der Waals surface area (Å²) in [5, 5.41) is 49.8. The van der Waals surface area contributed by atoms with E-state index in [9.17, 15) is 15.0 Å². The van der Waals surface area contributed by atoms with Crippen molar-refractivity contribution in [2.45, 2.75) is 39.4 Å². The predicted octanol–water partition coefficient (Wildman–Crippen LogP) is -0.882. The molecule has 4 heterocycles. The van der Waals surface area contributed by atoms with E-state index in [0.717, 1.165) is 49.6 Å². The van der Waals surface area contributed by atoms with Crippen molar-refractivity contribution in [3.8, 4) is 11.8 Å². The number of rotatable bonds is 17. The van der Waals surface area contributed by atoms with Crippen LogP contribution in [-0.2, 0) is 84.5 Å². The monoisotopic (exact) mass is 946 g/mol. The van der Waals surface area contributed by atoms with Gasteiger partial charge in [-0.05, 0) is 12.2 Å². The third-order valence-corrected chi connectivity index (χ3v) is 7.07. The zero-order valence-electron chi connectivity index (χ0n) is 30.9. The quantitative estimate of drug-likeness (QED) is 0.0751. The molecule has 2 atom stereocenters. The van der Waals surface area contributed by atoms with Gasteiger partial charge in [-0.15, -0.1) is 8.75 Å². The van der Waals surface area contributed by atoms with Crippen LogP contribution in [0.5, 0.6) is 11.8 Å². The Bertz CT molecular complexity index is 1060. The molecule has 4 rings (SSSR count). The molecule has 0 aromatic carbocycles. The van der Waals surface area contributed by atoms with Crippen LogP contribution in [0.2, 0.25) is 0 Å². The van der Waals surface area contributed by atoms with Crippen LogP contribution in [0.25, 0.3) is 0 Å². The number of anilines is 2. The molecule has 2 aliphatic rings. The molecule has 0 bridgehead atoms. The summed E-state index contributed by atoms with van der Waals surface area (Å²) in [6.07, 6.45) is -0.749. The first kappa shape index (κ1) is 56.4. The van der Waals surface area contributed by atoms with E-state index in [-0.39, 0.29) is 97.6 Å². The summed E-state index contributed by atoms with van der Waals surface area (Å²) >= 11 is 2.19. The number of morpholine rings is 2. The number of hydrogen-bond acceptors (Lipinski definition) is 20. The van der Waals surface area contributed by atoms with Gasteiger partial charge in [-0.25, -0.2) is 0 Å². The van der Waals surface area contributed by atoms with E-state index >= 15 is 0 Å². The molecule has 2 fully saturated rings. The average molecular weight is 947 g/mol. The van der Waals surface area contributed by atoms with Crippen molar-refractivity contribution in [2.75, 3.05) is 115 Å². The van der Waals surface area contributed by atoms with Gasteiger partial charge in [-0.2, -0.15) is 8.75 Å². The number of carboxylic acids is 1. The number of nitrogens with one attached hydrogen (secondary N) is 2. The number of nitrogens with zero attached hydrogens (tertiary/aromatic N) is 6. The Hall–Kier alpha value is -0.912. The Morgan fingerprint density at radius 3 is 1.38 bits per heavy atom. The standard InChI is InChI=1S/2C11H20N4O4S.C4H7O.C2H3O2.C2H6.2Y/c2*16-4-1-12-7-9(17)8-19-11-10(13-20-14-11)15-2-5-18-6-3-15;1-3-4(2)5;1-2(3)4;1-2;;/h2*9,12,16-17H,1-8H2;2-3H2,1H3;1H2,(H,3,4);1-2H3;;/q;;2*-1;;;/t2*9-;;;;;/m00...../s1. The van der Waals surface area contributed by atoms with Crippen molar-refractivity contribution in [1.82, 2.24) is 28.1 Å². The molecule has 302 valence electrons. The normalized spacial score (nSPS) is 14.2. The van der Waals surface area contributed by atoms with Gasteiger partial charge in [0.2, 0.25) is 11.6 Å². The predicted molar refractivity (Wildman–Crippen MR) is 194 cm³/mol. The van der Waals surface area contributed by atoms with Crippen molar-refractivity contribution < 1.29 is 119 Å². The van der Waals surface area contributed by atoms with Gasteiger partial charge in [0.05, 0.1) is 63.1 Å². The molecule has 53 heavy (non-hydrogen) atoms. The van der Waals surface area contributed by atoms with Crippen molar-refractivity contribution in [2.24, 2.45) is 0 Å². The molecule has 23 heteroatoms. The number of ketones is 1. The fraction of sp³-hybridized carbons (Fsp3) is 0.733. The van der Waals surface area contributed by atoms with Gasteiger partial charge < -0.3 is 76.6 Å². The average Bonchev–Trinajstić information content (AvgIpc) is 3.82. The molecule has 0 saturated carbocycles. The number of aliphatic carboxylic acids is 1. The van der Waals surface area contributed by atoms with Gasteiger partial charge in [-0.3, -0.25) is 11.7 Å². The van der Waals surface area contributed by atoms with Gasteiger partial charge in [-0.1, -0.05) is 20.8 Å². The Morgan fingerprint density at radius 2 is 1.09 bits per heavy atom. The van der Waals surface area contributed by atoms with Crippen molar-refractivity contribution >= 4 is 46.8 Å². The summed E-state index contributed by atoms with van der Waals surface area (Å²) in [6.45, 7) is 19.2. The van der Waals surface area contributed by atoms with E-state index in [1.807, 2.05) is 13.8 Å². The number of hydrogen-bond donors (Lipinski definition) is 7. The second-order valence-corrected chi connectivity index (χ2v) is 11.1. The minimum absolute atomic E-state index is 0. The van der Waals surface area contributed by atoms with Crippen LogP contribution in [0.3, 0.4) is 0 Å². The first-order valence-electron chi connectivity index (χ1n) is 16.6. The number of carbonyl (C=O) groups is 2. The Labute approximate surface area is 371 Å². The molecule has 0 unspecified atom stereocenters. The van der Waals surface area contributed by atoms with E-state index in [1.165, 1.54) is 0 Å². The maximum absolute atomic E-state index is 9.73. The zero-order chi connectivity index (χ0) is 38.3. The maximum Gasteiger partial charge on any atom is 0.270 e. The van der Waals surface area contributed by atoms with Crippen LogP contribution >= 0.6 is 23.5 Å². The Morgan fingerprint density at radius 1 is 0.774 bits per heavy atom. The van der Waals surface area contributed by atoms with E-state index in [0.29, 0.717) is 82.4 Å². The molecule has 2 aromatic rings. The third kappa shape index (κ3) is 29.1. The second kappa shape index (κ2) is 38.0. The van der Waals surface area contributed by atoms with Crippen molar-refractivity contribution in [1.29, 1.82) is 0 Å². The van der Waals surface area contributed by atoms with E-state index in [1.54, 1.807) is 6.92 Å². The number of carbonyl (C=O) groups excluding carboxylic acids is 1. The Kier molecular flexibility index (Phi) is 40.4. The molecule has 2 aliphatic heterocycles. The Balaban J connectivity index is -0.000000718. The van der Waals surface area contributed by atoms with Gasteiger partial charge in [0.1, 0.15) is 25.4 Å². The summed E-state index contributed by atoms with van der Waals surface area (Å²) < 4.78 is 38.3. The second-order valence-electron chi connectivity index (χ2n) is 10.1. The van der Waals surface area contributed by atoms with Crippen molar-refractivity contribution in [3.63, 3.8) is 0 Å². The van der Waals surface area contributed by atoms with Gasteiger partial charge in [0.15, 0.2) is 5.97 Å². The topological polar surface area (TPSA) is 254 Å². The summed E-state index contributed by atoms with van der Waals surface area (Å²) in [5.74, 6) is 1.27. The maximum atomic E-state index is 9.73. The fourth-order valence-electron chi connectivity index (χ4n) is 3.63. The molecule has 19 nitrogen and oxygen atoms in total. The van der Waals surface area contributed by atoms with Crippen molar-refractivity contribution in [3.05, 3.63) is 13.8 Å². The summed E-state index contributed by atoms with van der Waals surface area (Å²) in [4.78, 5) is 22.7. The molecule has 2 radical (unpaired) electrons. The van der Waals surface area contributed by atoms with E-state index < -0.39 is 18.2 Å². The van der Waals surface area contributed by atoms with Crippen LogP contribution in [0.15, 0.2) is 0 Å². The number of aliphatic hydroxyl groups is 4. The summed E-state index contributed by atoms with van der Waals surface area (Å²) in [6, 6.07) is 0. The van der Waals surface area contributed by atoms with E-state index in [4.69, 9.17) is 39.1 Å². The summed E-state index contributed by atoms with van der Waals surface area (Å²) in [5.41, 5.74) is 0. The van der Waals surface area contributed by atoms with Gasteiger partial charge in [0.25, 0.3) is 11.8 Å². The minimum atomic E-state index is -1.08. The van der Waals surface area contributed by atoms with Crippen LogP contribution in [0.1, 0.15) is 27.2 Å². The molecule has 2 aromatic heterocycles. The molecule has 0 aliphatic carbocycles.